The number of rotatable bonds is 5. The van der Waals surface area contributed by atoms with E-state index < -0.39 is 0 Å². The zero-order valence-electron chi connectivity index (χ0n) is 12.7. The van der Waals surface area contributed by atoms with E-state index in [1.807, 2.05) is 7.05 Å². The summed E-state index contributed by atoms with van der Waals surface area (Å²) in [7, 11) is 1.93. The molecule has 1 rings (SSSR count). The molecular formula is C17H27N. The Morgan fingerprint density at radius 1 is 1.28 bits per heavy atom. The minimum absolute atomic E-state index is 0.135. The number of aryl methyl sites for hydroxylation is 1. The Morgan fingerprint density at radius 2 is 1.89 bits per heavy atom. The van der Waals surface area contributed by atoms with Gasteiger partial charge in [-0.25, -0.2) is 0 Å². The normalized spacial score (nSPS) is 14.7. The first-order valence-corrected chi connectivity index (χ1v) is 6.94. The molecule has 1 aromatic rings. The Kier molecular flexibility index (Phi) is 5.13. The molecule has 1 nitrogen and oxygen atoms in total. The van der Waals surface area contributed by atoms with Crippen LogP contribution in [0.25, 0.3) is 0 Å². The topological polar surface area (TPSA) is 12.4 Å². The summed E-state index contributed by atoms with van der Waals surface area (Å²) in [6, 6.07) is 8.66. The average Bonchev–Trinajstić information content (AvgIpc) is 2.32. The van der Waals surface area contributed by atoms with Crippen molar-refractivity contribution in [2.75, 3.05) is 7.05 Å². The number of benzene rings is 1. The molecule has 0 spiro atoms. The van der Waals surface area contributed by atoms with E-state index in [4.69, 9.17) is 0 Å². The van der Waals surface area contributed by atoms with Crippen molar-refractivity contribution in [1.29, 1.82) is 0 Å². The standard InChI is InChI=1S/C17H27N/c1-7-13(2)16(18-6)17(4,5)12-15-11-9-8-10-14(15)3/h8-11,13H,7,12H2,1-6H3. The van der Waals surface area contributed by atoms with Gasteiger partial charge in [0.25, 0.3) is 0 Å². The first-order chi connectivity index (χ1) is 8.42. The number of hydrogen-bond donors (Lipinski definition) is 0. The van der Waals surface area contributed by atoms with Gasteiger partial charge in [0.1, 0.15) is 0 Å². The smallest absolute Gasteiger partial charge is 0.0276 e. The van der Waals surface area contributed by atoms with Gasteiger partial charge in [0.05, 0.1) is 0 Å². The molecule has 0 aromatic heterocycles. The maximum absolute atomic E-state index is 4.57. The lowest BCUT2D eigenvalue weighted by Crippen LogP contribution is -2.32. The molecule has 1 unspecified atom stereocenters. The van der Waals surface area contributed by atoms with Crippen molar-refractivity contribution < 1.29 is 0 Å². The Bertz CT molecular complexity index is 415. The van der Waals surface area contributed by atoms with Gasteiger partial charge in [0.2, 0.25) is 0 Å². The SMILES string of the molecule is CCC(C)C(=NC)C(C)(C)Cc1ccccc1C. The lowest BCUT2D eigenvalue weighted by atomic mass is 9.75. The van der Waals surface area contributed by atoms with Crippen LogP contribution in [0.1, 0.15) is 45.2 Å². The second-order valence-electron chi connectivity index (χ2n) is 5.91. The molecule has 0 fully saturated rings. The maximum Gasteiger partial charge on any atom is 0.0276 e. The molecule has 18 heavy (non-hydrogen) atoms. The van der Waals surface area contributed by atoms with Crippen molar-refractivity contribution in [2.45, 2.75) is 47.5 Å². The molecule has 100 valence electrons. The summed E-state index contributed by atoms with van der Waals surface area (Å²) in [5.74, 6) is 0.564. The van der Waals surface area contributed by atoms with Crippen LogP contribution in [0.3, 0.4) is 0 Å². The van der Waals surface area contributed by atoms with Gasteiger partial charge in [-0.3, -0.25) is 4.99 Å². The quantitative estimate of drug-likeness (QED) is 0.668. The Hall–Kier alpha value is -1.11. The number of aliphatic imine (C=N–C) groups is 1. The highest BCUT2D eigenvalue weighted by Gasteiger charge is 2.28. The summed E-state index contributed by atoms with van der Waals surface area (Å²) >= 11 is 0. The van der Waals surface area contributed by atoms with Gasteiger partial charge >= 0.3 is 0 Å². The van der Waals surface area contributed by atoms with Crippen molar-refractivity contribution in [3.05, 3.63) is 35.4 Å². The van der Waals surface area contributed by atoms with Crippen molar-refractivity contribution >= 4 is 5.71 Å². The van der Waals surface area contributed by atoms with Crippen LogP contribution in [0, 0.1) is 18.3 Å². The molecule has 0 heterocycles. The van der Waals surface area contributed by atoms with Crippen molar-refractivity contribution in [2.24, 2.45) is 16.3 Å². The third-order valence-electron chi connectivity index (χ3n) is 3.91. The van der Waals surface area contributed by atoms with Gasteiger partial charge in [-0.1, -0.05) is 52.0 Å². The van der Waals surface area contributed by atoms with Crippen LogP contribution < -0.4 is 0 Å². The van der Waals surface area contributed by atoms with Gasteiger partial charge in [0.15, 0.2) is 0 Å². The van der Waals surface area contributed by atoms with Crippen molar-refractivity contribution in [3.8, 4) is 0 Å². The molecule has 0 saturated heterocycles. The molecule has 0 bridgehead atoms. The lowest BCUT2D eigenvalue weighted by molar-refractivity contribution is 0.482. The zero-order chi connectivity index (χ0) is 13.8. The Labute approximate surface area is 112 Å². The van der Waals surface area contributed by atoms with Crippen LogP contribution in [0.5, 0.6) is 0 Å². The van der Waals surface area contributed by atoms with Gasteiger partial charge in [-0.05, 0) is 36.8 Å². The lowest BCUT2D eigenvalue weighted by Gasteiger charge is -2.31. The molecule has 0 amide bonds. The molecule has 1 aromatic carbocycles. The largest absolute Gasteiger partial charge is 0.297 e. The minimum atomic E-state index is 0.135. The molecule has 0 N–H and O–H groups in total. The molecule has 0 radical (unpaired) electrons. The summed E-state index contributed by atoms with van der Waals surface area (Å²) in [5.41, 5.74) is 4.29. The molecular weight excluding hydrogens is 218 g/mol. The van der Waals surface area contributed by atoms with E-state index in [0.717, 1.165) is 12.8 Å². The van der Waals surface area contributed by atoms with E-state index in [1.165, 1.54) is 16.8 Å². The summed E-state index contributed by atoms with van der Waals surface area (Å²) < 4.78 is 0. The van der Waals surface area contributed by atoms with E-state index in [2.05, 4.69) is 63.9 Å². The minimum Gasteiger partial charge on any atom is -0.297 e. The fraction of sp³-hybridized carbons (Fsp3) is 0.588. The van der Waals surface area contributed by atoms with Crippen LogP contribution >= 0.6 is 0 Å². The summed E-state index contributed by atoms with van der Waals surface area (Å²) in [4.78, 5) is 4.57. The summed E-state index contributed by atoms with van der Waals surface area (Å²) in [6.45, 7) is 11.3. The third-order valence-corrected chi connectivity index (χ3v) is 3.91. The predicted molar refractivity (Wildman–Crippen MR) is 81.5 cm³/mol. The maximum atomic E-state index is 4.57. The average molecular weight is 245 g/mol. The predicted octanol–water partition coefficient (Wildman–Crippen LogP) is 4.68. The van der Waals surface area contributed by atoms with Crippen LogP contribution in [0.15, 0.2) is 29.3 Å². The molecule has 1 heteroatoms. The van der Waals surface area contributed by atoms with E-state index >= 15 is 0 Å². The molecule has 1 atom stereocenters. The zero-order valence-corrected chi connectivity index (χ0v) is 12.7. The van der Waals surface area contributed by atoms with Gasteiger partial charge in [-0.15, -0.1) is 0 Å². The second kappa shape index (κ2) is 6.17. The van der Waals surface area contributed by atoms with Gasteiger partial charge in [0, 0.05) is 18.2 Å². The highest BCUT2D eigenvalue weighted by atomic mass is 14.7. The second-order valence-corrected chi connectivity index (χ2v) is 5.91. The first kappa shape index (κ1) is 14.9. The molecule has 0 aliphatic heterocycles. The summed E-state index contributed by atoms with van der Waals surface area (Å²) in [6.07, 6.45) is 2.22. The highest BCUT2D eigenvalue weighted by molar-refractivity contribution is 5.91. The fourth-order valence-electron chi connectivity index (χ4n) is 2.76. The summed E-state index contributed by atoms with van der Waals surface area (Å²) in [5, 5.41) is 0. The van der Waals surface area contributed by atoms with E-state index in [1.54, 1.807) is 0 Å². The van der Waals surface area contributed by atoms with E-state index in [-0.39, 0.29) is 5.41 Å². The fourth-order valence-corrected chi connectivity index (χ4v) is 2.76. The number of nitrogens with zero attached hydrogens (tertiary/aromatic N) is 1. The van der Waals surface area contributed by atoms with Crippen molar-refractivity contribution in [1.82, 2.24) is 0 Å². The van der Waals surface area contributed by atoms with E-state index in [9.17, 15) is 0 Å². The Balaban J connectivity index is 2.97. The van der Waals surface area contributed by atoms with E-state index in [0.29, 0.717) is 5.92 Å². The number of hydrogen-bond acceptors (Lipinski definition) is 1. The van der Waals surface area contributed by atoms with Crippen LogP contribution in [-0.2, 0) is 6.42 Å². The van der Waals surface area contributed by atoms with Crippen LogP contribution in [0.4, 0.5) is 0 Å². The monoisotopic (exact) mass is 245 g/mol. The van der Waals surface area contributed by atoms with Gasteiger partial charge < -0.3 is 0 Å². The first-order valence-electron chi connectivity index (χ1n) is 6.94. The Morgan fingerprint density at radius 3 is 2.39 bits per heavy atom. The van der Waals surface area contributed by atoms with Crippen LogP contribution in [0.2, 0.25) is 0 Å². The molecule has 0 aliphatic carbocycles. The van der Waals surface area contributed by atoms with Crippen molar-refractivity contribution in [3.63, 3.8) is 0 Å². The highest BCUT2D eigenvalue weighted by Crippen LogP contribution is 2.29. The van der Waals surface area contributed by atoms with Gasteiger partial charge in [-0.2, -0.15) is 0 Å². The molecule has 0 aliphatic rings. The molecule has 0 saturated carbocycles. The third kappa shape index (κ3) is 3.44. The van der Waals surface area contributed by atoms with Crippen LogP contribution in [-0.4, -0.2) is 12.8 Å².